The number of methoxy groups -OCH3 is 1. The number of ether oxygens (including phenoxy) is 1. The summed E-state index contributed by atoms with van der Waals surface area (Å²) in [6.07, 6.45) is 1.32. The number of hydrogen-bond donors (Lipinski definition) is 0. The first-order chi connectivity index (χ1) is 7.31. The first-order valence-electron chi connectivity index (χ1n) is 4.26. The molecule has 0 aliphatic carbocycles. The second-order valence-corrected chi connectivity index (χ2v) is 2.82. The number of carbonyl (C=O) groups excluding carboxylic acids is 1. The molecule has 0 atom stereocenters. The van der Waals surface area contributed by atoms with Crippen LogP contribution >= 0.6 is 0 Å². The highest BCUT2D eigenvalue weighted by atomic mass is 16.5. The van der Waals surface area contributed by atoms with Gasteiger partial charge in [-0.05, 0) is 24.3 Å². The zero-order valence-electron chi connectivity index (χ0n) is 8.01. The average molecular weight is 204 g/mol. The molecular formula is C10H8N2O3. The lowest BCUT2D eigenvalue weighted by Gasteiger charge is -1.99. The summed E-state index contributed by atoms with van der Waals surface area (Å²) in [5.74, 6) is 0.0542. The van der Waals surface area contributed by atoms with Crippen LogP contribution in [0.4, 0.5) is 0 Å². The Balaban J connectivity index is 2.29. The quantitative estimate of drug-likeness (QED) is 0.694. The molecule has 0 amide bonds. The molecule has 15 heavy (non-hydrogen) atoms. The van der Waals surface area contributed by atoms with Gasteiger partial charge in [0.1, 0.15) is 0 Å². The van der Waals surface area contributed by atoms with Crippen LogP contribution in [0.1, 0.15) is 10.4 Å². The van der Waals surface area contributed by atoms with Crippen LogP contribution in [-0.2, 0) is 4.74 Å². The summed E-state index contributed by atoms with van der Waals surface area (Å²) in [5, 5.41) is 3.49. The molecule has 76 valence electrons. The Labute approximate surface area is 85.7 Å². The van der Waals surface area contributed by atoms with Crippen LogP contribution < -0.4 is 0 Å². The zero-order chi connectivity index (χ0) is 10.7. The van der Waals surface area contributed by atoms with Crippen LogP contribution in [0.5, 0.6) is 0 Å². The first kappa shape index (κ1) is 9.39. The van der Waals surface area contributed by atoms with E-state index < -0.39 is 0 Å². The van der Waals surface area contributed by atoms with E-state index in [-0.39, 0.29) is 5.97 Å². The van der Waals surface area contributed by atoms with Crippen molar-refractivity contribution < 1.29 is 14.1 Å². The third-order valence-electron chi connectivity index (χ3n) is 1.91. The zero-order valence-corrected chi connectivity index (χ0v) is 8.01. The van der Waals surface area contributed by atoms with Crippen molar-refractivity contribution >= 4 is 5.97 Å². The molecule has 0 spiro atoms. The molecule has 5 heteroatoms. The molecule has 0 aliphatic heterocycles. The van der Waals surface area contributed by atoms with E-state index in [1.165, 1.54) is 13.4 Å². The summed E-state index contributed by atoms with van der Waals surface area (Å²) in [7, 11) is 1.34. The second-order valence-electron chi connectivity index (χ2n) is 2.82. The van der Waals surface area contributed by atoms with Crippen molar-refractivity contribution in [3.8, 4) is 11.5 Å². The van der Waals surface area contributed by atoms with Crippen molar-refractivity contribution in [2.75, 3.05) is 7.11 Å². The molecule has 5 nitrogen and oxygen atoms in total. The highest BCUT2D eigenvalue weighted by molar-refractivity contribution is 5.89. The summed E-state index contributed by atoms with van der Waals surface area (Å²) < 4.78 is 9.45. The Hall–Kier alpha value is -2.17. The smallest absolute Gasteiger partial charge is 0.337 e. The second kappa shape index (κ2) is 3.91. The fourth-order valence-corrected chi connectivity index (χ4v) is 1.17. The van der Waals surface area contributed by atoms with Gasteiger partial charge < -0.3 is 9.26 Å². The van der Waals surface area contributed by atoms with E-state index >= 15 is 0 Å². The largest absolute Gasteiger partial charge is 0.465 e. The molecular weight excluding hydrogens is 196 g/mol. The fourth-order valence-electron chi connectivity index (χ4n) is 1.17. The van der Waals surface area contributed by atoms with Gasteiger partial charge in [0.05, 0.1) is 12.7 Å². The van der Waals surface area contributed by atoms with Gasteiger partial charge in [-0.25, -0.2) is 4.79 Å². The molecule has 0 saturated heterocycles. The van der Waals surface area contributed by atoms with E-state index in [2.05, 4.69) is 14.9 Å². The van der Waals surface area contributed by atoms with E-state index in [0.717, 1.165) is 5.56 Å². The minimum Gasteiger partial charge on any atom is -0.465 e. The van der Waals surface area contributed by atoms with Crippen molar-refractivity contribution in [3.63, 3.8) is 0 Å². The lowest BCUT2D eigenvalue weighted by atomic mass is 10.1. The number of carbonyl (C=O) groups is 1. The van der Waals surface area contributed by atoms with Crippen molar-refractivity contribution in [2.24, 2.45) is 0 Å². The molecule has 1 aromatic heterocycles. The van der Waals surface area contributed by atoms with Gasteiger partial charge >= 0.3 is 5.97 Å². The maximum Gasteiger partial charge on any atom is 0.337 e. The number of hydrogen-bond acceptors (Lipinski definition) is 5. The van der Waals surface area contributed by atoms with E-state index in [1.54, 1.807) is 24.3 Å². The Morgan fingerprint density at radius 2 is 2.07 bits per heavy atom. The van der Waals surface area contributed by atoms with Crippen LogP contribution in [0.2, 0.25) is 0 Å². The monoisotopic (exact) mass is 204 g/mol. The molecule has 0 bridgehead atoms. The van der Waals surface area contributed by atoms with Gasteiger partial charge in [0.25, 0.3) is 5.89 Å². The lowest BCUT2D eigenvalue weighted by Crippen LogP contribution is -2.00. The van der Waals surface area contributed by atoms with Gasteiger partial charge in [0.15, 0.2) is 6.33 Å². The summed E-state index contributed by atoms with van der Waals surface area (Å²) in [6.45, 7) is 0. The molecule has 0 N–H and O–H groups in total. The van der Waals surface area contributed by atoms with Crippen molar-refractivity contribution in [1.29, 1.82) is 0 Å². The van der Waals surface area contributed by atoms with Gasteiger partial charge in [-0.15, -0.1) is 0 Å². The molecule has 0 unspecified atom stereocenters. The van der Waals surface area contributed by atoms with E-state index in [9.17, 15) is 4.79 Å². The molecule has 1 heterocycles. The van der Waals surface area contributed by atoms with Gasteiger partial charge in [-0.2, -0.15) is 4.98 Å². The fraction of sp³-hybridized carbons (Fsp3) is 0.100. The van der Waals surface area contributed by atoms with Crippen molar-refractivity contribution in [1.82, 2.24) is 10.1 Å². The van der Waals surface area contributed by atoms with Crippen LogP contribution in [-0.4, -0.2) is 23.2 Å². The maximum absolute atomic E-state index is 11.1. The van der Waals surface area contributed by atoms with E-state index in [0.29, 0.717) is 11.5 Å². The summed E-state index contributed by atoms with van der Waals surface area (Å²) >= 11 is 0. The molecule has 2 aromatic rings. The number of rotatable bonds is 2. The highest BCUT2D eigenvalue weighted by Gasteiger charge is 2.07. The summed E-state index contributed by atoms with van der Waals surface area (Å²) in [6, 6.07) is 6.73. The average Bonchev–Trinajstić information content (AvgIpc) is 2.82. The SMILES string of the molecule is COC(=O)c1ccc(-c2ncno2)cc1. The normalized spacial score (nSPS) is 9.93. The lowest BCUT2D eigenvalue weighted by molar-refractivity contribution is 0.0601. The third-order valence-corrected chi connectivity index (χ3v) is 1.91. The highest BCUT2D eigenvalue weighted by Crippen LogP contribution is 2.16. The third kappa shape index (κ3) is 1.85. The standard InChI is InChI=1S/C10H8N2O3/c1-14-10(13)8-4-2-7(3-5-8)9-11-6-12-15-9/h2-6H,1H3. The minimum atomic E-state index is -0.368. The first-order valence-corrected chi connectivity index (χ1v) is 4.26. The molecule has 0 aliphatic rings. The molecule has 0 fully saturated rings. The van der Waals surface area contributed by atoms with Gasteiger partial charge in [-0.3, -0.25) is 0 Å². The molecule has 2 rings (SSSR count). The number of esters is 1. The number of aromatic nitrogens is 2. The van der Waals surface area contributed by atoms with Gasteiger partial charge in [0, 0.05) is 5.56 Å². The predicted octanol–water partition coefficient (Wildman–Crippen LogP) is 1.52. The topological polar surface area (TPSA) is 65.2 Å². The van der Waals surface area contributed by atoms with E-state index in [1.807, 2.05) is 0 Å². The van der Waals surface area contributed by atoms with E-state index in [4.69, 9.17) is 4.52 Å². The number of nitrogens with zero attached hydrogens (tertiary/aromatic N) is 2. The van der Waals surface area contributed by atoms with Crippen molar-refractivity contribution in [3.05, 3.63) is 36.2 Å². The van der Waals surface area contributed by atoms with Crippen LogP contribution in [0.15, 0.2) is 35.1 Å². The molecule has 0 radical (unpaired) electrons. The Morgan fingerprint density at radius 3 is 2.60 bits per heavy atom. The Kier molecular flexibility index (Phi) is 2.45. The Bertz CT molecular complexity index is 448. The van der Waals surface area contributed by atoms with Crippen LogP contribution in [0, 0.1) is 0 Å². The Morgan fingerprint density at radius 1 is 1.33 bits per heavy atom. The summed E-state index contributed by atoms with van der Waals surface area (Å²) in [4.78, 5) is 15.0. The molecule has 0 saturated carbocycles. The minimum absolute atomic E-state index is 0.368. The predicted molar refractivity (Wildman–Crippen MR) is 51.1 cm³/mol. The van der Waals surface area contributed by atoms with Gasteiger partial charge in [0.2, 0.25) is 0 Å². The van der Waals surface area contributed by atoms with Crippen LogP contribution in [0.25, 0.3) is 11.5 Å². The number of benzene rings is 1. The maximum atomic E-state index is 11.1. The molecule has 1 aromatic carbocycles. The van der Waals surface area contributed by atoms with Gasteiger partial charge in [-0.1, -0.05) is 5.16 Å². The van der Waals surface area contributed by atoms with Crippen molar-refractivity contribution in [2.45, 2.75) is 0 Å². The van der Waals surface area contributed by atoms with Crippen LogP contribution in [0.3, 0.4) is 0 Å². The summed E-state index contributed by atoms with van der Waals surface area (Å²) in [5.41, 5.74) is 1.25.